The van der Waals surface area contributed by atoms with E-state index >= 15 is 0 Å². The van der Waals surface area contributed by atoms with Crippen LogP contribution in [0, 0.1) is 0 Å². The van der Waals surface area contributed by atoms with Gasteiger partial charge in [0.15, 0.2) is 5.60 Å². The Morgan fingerprint density at radius 1 is 0.964 bits per heavy atom. The second-order valence-corrected chi connectivity index (χ2v) is 6.81. The van der Waals surface area contributed by atoms with Gasteiger partial charge in [-0.15, -0.1) is 6.58 Å². The van der Waals surface area contributed by atoms with E-state index < -0.39 is 5.60 Å². The minimum absolute atomic E-state index is 0.376. The second kappa shape index (κ2) is 7.91. The number of rotatable bonds is 6. The standard InChI is InChI=1S/C25H24O3/c1-3-4-15-24-27-23-17-16-21(26-2)18-22(23)25(28-24,19-11-7-5-8-12-19)20-13-9-6-10-14-20/h3,5-14,16-18,24H,1,4,15H2,2H3. The van der Waals surface area contributed by atoms with Gasteiger partial charge in [-0.2, -0.15) is 0 Å². The molecule has 0 spiro atoms. The van der Waals surface area contributed by atoms with Gasteiger partial charge in [-0.1, -0.05) is 66.7 Å². The summed E-state index contributed by atoms with van der Waals surface area (Å²) in [7, 11) is 1.67. The second-order valence-electron chi connectivity index (χ2n) is 6.81. The van der Waals surface area contributed by atoms with E-state index in [1.807, 2.05) is 60.7 Å². The monoisotopic (exact) mass is 372 g/mol. The SMILES string of the molecule is C=CCCC1Oc2ccc(OC)cc2C(c2ccccc2)(c2ccccc2)O1. The normalized spacial score (nSPS) is 17.2. The van der Waals surface area contributed by atoms with Gasteiger partial charge in [0.1, 0.15) is 11.5 Å². The van der Waals surface area contributed by atoms with Crippen LogP contribution in [0.5, 0.6) is 11.5 Å². The van der Waals surface area contributed by atoms with E-state index in [9.17, 15) is 0 Å². The van der Waals surface area contributed by atoms with E-state index in [1.54, 1.807) is 7.11 Å². The predicted molar refractivity (Wildman–Crippen MR) is 111 cm³/mol. The molecule has 4 rings (SSSR count). The summed E-state index contributed by atoms with van der Waals surface area (Å²) in [5.41, 5.74) is 2.28. The lowest BCUT2D eigenvalue weighted by molar-refractivity contribution is -0.165. The first-order valence-corrected chi connectivity index (χ1v) is 9.53. The molecule has 3 heteroatoms. The van der Waals surface area contributed by atoms with Crippen LogP contribution in [0.15, 0.2) is 91.5 Å². The maximum absolute atomic E-state index is 6.75. The molecule has 1 atom stereocenters. The van der Waals surface area contributed by atoms with Crippen molar-refractivity contribution in [1.29, 1.82) is 0 Å². The van der Waals surface area contributed by atoms with Crippen molar-refractivity contribution < 1.29 is 14.2 Å². The fraction of sp³-hybridized carbons (Fsp3) is 0.200. The summed E-state index contributed by atoms with van der Waals surface area (Å²) in [5.74, 6) is 1.58. The molecular weight excluding hydrogens is 348 g/mol. The minimum Gasteiger partial charge on any atom is -0.497 e. The van der Waals surface area contributed by atoms with E-state index in [0.29, 0.717) is 0 Å². The van der Waals surface area contributed by atoms with Crippen molar-refractivity contribution in [2.75, 3.05) is 7.11 Å². The van der Waals surface area contributed by atoms with E-state index in [0.717, 1.165) is 41.0 Å². The number of hydrogen-bond donors (Lipinski definition) is 0. The van der Waals surface area contributed by atoms with Crippen molar-refractivity contribution in [3.05, 3.63) is 108 Å². The number of ether oxygens (including phenoxy) is 3. The summed E-state index contributed by atoms with van der Waals surface area (Å²) >= 11 is 0. The Hall–Kier alpha value is -3.04. The third kappa shape index (κ3) is 3.19. The molecule has 1 unspecified atom stereocenters. The van der Waals surface area contributed by atoms with Crippen LogP contribution >= 0.6 is 0 Å². The van der Waals surface area contributed by atoms with Gasteiger partial charge in [-0.3, -0.25) is 0 Å². The Labute approximate surface area is 166 Å². The molecule has 0 bridgehead atoms. The number of fused-ring (bicyclic) bond motifs is 1. The topological polar surface area (TPSA) is 27.7 Å². The molecule has 1 aliphatic heterocycles. The van der Waals surface area contributed by atoms with Crippen molar-refractivity contribution >= 4 is 0 Å². The first-order valence-electron chi connectivity index (χ1n) is 9.53. The molecule has 0 aromatic heterocycles. The van der Waals surface area contributed by atoms with Gasteiger partial charge in [-0.25, -0.2) is 0 Å². The van der Waals surface area contributed by atoms with Crippen LogP contribution < -0.4 is 9.47 Å². The highest BCUT2D eigenvalue weighted by Gasteiger charge is 2.45. The lowest BCUT2D eigenvalue weighted by atomic mass is 9.79. The smallest absolute Gasteiger partial charge is 0.201 e. The highest BCUT2D eigenvalue weighted by atomic mass is 16.7. The van der Waals surface area contributed by atoms with Gasteiger partial charge in [0, 0.05) is 12.0 Å². The number of benzene rings is 3. The molecule has 0 radical (unpaired) electrons. The average molecular weight is 372 g/mol. The Balaban J connectivity index is 1.98. The predicted octanol–water partition coefficient (Wildman–Crippen LogP) is 5.69. The Bertz CT molecular complexity index is 895. The Morgan fingerprint density at radius 2 is 1.61 bits per heavy atom. The van der Waals surface area contributed by atoms with Gasteiger partial charge in [0.05, 0.1) is 7.11 Å². The van der Waals surface area contributed by atoms with Gasteiger partial charge in [0.2, 0.25) is 6.29 Å². The van der Waals surface area contributed by atoms with Crippen molar-refractivity contribution in [2.45, 2.75) is 24.7 Å². The highest BCUT2D eigenvalue weighted by molar-refractivity contribution is 5.56. The molecule has 1 aliphatic rings. The van der Waals surface area contributed by atoms with Crippen molar-refractivity contribution in [3.63, 3.8) is 0 Å². The van der Waals surface area contributed by atoms with E-state index in [-0.39, 0.29) is 6.29 Å². The third-order valence-corrected chi connectivity index (χ3v) is 5.10. The molecular formula is C25H24O3. The van der Waals surface area contributed by atoms with Crippen LogP contribution in [0.4, 0.5) is 0 Å². The Morgan fingerprint density at radius 3 is 2.18 bits per heavy atom. The highest BCUT2D eigenvalue weighted by Crippen LogP contribution is 2.49. The fourth-order valence-corrected chi connectivity index (χ4v) is 3.77. The number of methoxy groups -OCH3 is 1. The van der Waals surface area contributed by atoms with E-state index in [4.69, 9.17) is 14.2 Å². The van der Waals surface area contributed by atoms with Crippen LogP contribution in [0.1, 0.15) is 29.5 Å². The summed E-state index contributed by atoms with van der Waals surface area (Å²) < 4.78 is 18.5. The summed E-state index contributed by atoms with van der Waals surface area (Å²) in [6, 6.07) is 26.5. The van der Waals surface area contributed by atoms with Crippen LogP contribution in [0.2, 0.25) is 0 Å². The van der Waals surface area contributed by atoms with E-state index in [2.05, 4.69) is 30.8 Å². The zero-order chi connectivity index (χ0) is 19.4. The van der Waals surface area contributed by atoms with Crippen LogP contribution in [0.3, 0.4) is 0 Å². The quantitative estimate of drug-likeness (QED) is 0.520. The first-order chi connectivity index (χ1) is 13.8. The van der Waals surface area contributed by atoms with Crippen LogP contribution in [-0.4, -0.2) is 13.4 Å². The van der Waals surface area contributed by atoms with Gasteiger partial charge < -0.3 is 14.2 Å². The number of allylic oxidation sites excluding steroid dienone is 1. The molecule has 28 heavy (non-hydrogen) atoms. The van der Waals surface area contributed by atoms with E-state index in [1.165, 1.54) is 0 Å². The summed E-state index contributed by atoms with van der Waals surface area (Å²) in [6.45, 7) is 3.84. The van der Waals surface area contributed by atoms with Crippen LogP contribution in [-0.2, 0) is 10.3 Å². The molecule has 0 saturated carbocycles. The lowest BCUT2D eigenvalue weighted by Crippen LogP contribution is -2.43. The zero-order valence-corrected chi connectivity index (χ0v) is 16.0. The van der Waals surface area contributed by atoms with Crippen molar-refractivity contribution in [2.24, 2.45) is 0 Å². The fourth-order valence-electron chi connectivity index (χ4n) is 3.77. The molecule has 3 nitrogen and oxygen atoms in total. The molecule has 0 saturated heterocycles. The molecule has 142 valence electrons. The van der Waals surface area contributed by atoms with Gasteiger partial charge >= 0.3 is 0 Å². The molecule has 3 aromatic rings. The molecule has 3 aromatic carbocycles. The van der Waals surface area contributed by atoms with Crippen molar-refractivity contribution in [3.8, 4) is 11.5 Å². The summed E-state index contributed by atoms with van der Waals surface area (Å²) in [5, 5.41) is 0. The lowest BCUT2D eigenvalue weighted by Gasteiger charge is -2.43. The van der Waals surface area contributed by atoms with Gasteiger partial charge in [-0.05, 0) is 35.7 Å². The van der Waals surface area contributed by atoms with Gasteiger partial charge in [0.25, 0.3) is 0 Å². The van der Waals surface area contributed by atoms with Crippen molar-refractivity contribution in [1.82, 2.24) is 0 Å². The molecule has 0 fully saturated rings. The maximum atomic E-state index is 6.75. The average Bonchev–Trinajstić information content (AvgIpc) is 2.78. The molecule has 1 heterocycles. The molecule has 0 N–H and O–H groups in total. The zero-order valence-electron chi connectivity index (χ0n) is 16.0. The molecule has 0 aliphatic carbocycles. The maximum Gasteiger partial charge on any atom is 0.201 e. The number of hydrogen-bond acceptors (Lipinski definition) is 3. The summed E-state index contributed by atoms with van der Waals surface area (Å²) in [4.78, 5) is 0. The molecule has 0 amide bonds. The first kappa shape index (κ1) is 18.3. The summed E-state index contributed by atoms with van der Waals surface area (Å²) in [6.07, 6.45) is 3.06. The largest absolute Gasteiger partial charge is 0.497 e. The third-order valence-electron chi connectivity index (χ3n) is 5.10. The minimum atomic E-state index is -0.781. The van der Waals surface area contributed by atoms with Crippen LogP contribution in [0.25, 0.3) is 0 Å². The Kier molecular flexibility index (Phi) is 5.18.